The van der Waals surface area contributed by atoms with Gasteiger partial charge >= 0.3 is 0 Å². The second-order valence-corrected chi connectivity index (χ2v) is 5.18. The van der Waals surface area contributed by atoms with Crippen molar-refractivity contribution in [3.8, 4) is 0 Å². The van der Waals surface area contributed by atoms with Gasteiger partial charge in [0.05, 0.1) is 0 Å². The summed E-state index contributed by atoms with van der Waals surface area (Å²) < 4.78 is 0. The Bertz CT molecular complexity index is 134. The van der Waals surface area contributed by atoms with Gasteiger partial charge in [-0.25, -0.2) is 0 Å². The minimum Gasteiger partial charge on any atom is -0.379 e. The van der Waals surface area contributed by atoms with E-state index in [0.717, 1.165) is 6.42 Å². The maximum absolute atomic E-state index is 10.2. The lowest BCUT2D eigenvalue weighted by atomic mass is 9.83. The highest BCUT2D eigenvalue weighted by Crippen LogP contribution is 2.47. The first-order chi connectivity index (χ1) is 5.31. The molecule has 1 N–H and O–H groups in total. The molecule has 11 heavy (non-hydrogen) atoms. The lowest BCUT2D eigenvalue weighted by Gasteiger charge is -2.42. The van der Waals surface area contributed by atoms with Crippen LogP contribution in [-0.4, -0.2) is 15.8 Å². The molecule has 0 aromatic carbocycles. The predicted molar refractivity (Wildman–Crippen MR) is 48.6 cm³/mol. The quantitative estimate of drug-likeness (QED) is 0.605. The number of hydrogen-bond donors (Lipinski definition) is 1. The van der Waals surface area contributed by atoms with Gasteiger partial charge in [0.15, 0.2) is 0 Å². The molecule has 1 aliphatic heterocycles. The molecule has 2 unspecified atom stereocenters. The molecule has 0 amide bonds. The largest absolute Gasteiger partial charge is 0.379 e. The van der Waals surface area contributed by atoms with Crippen molar-refractivity contribution in [1.82, 2.24) is 0 Å². The summed E-state index contributed by atoms with van der Waals surface area (Å²) in [6, 6.07) is 0. The molecule has 1 saturated heterocycles. The Morgan fingerprint density at radius 1 is 1.18 bits per heavy atom. The van der Waals surface area contributed by atoms with E-state index in [-0.39, 0.29) is 4.93 Å². The monoisotopic (exact) mass is 172 g/mol. The fourth-order valence-electron chi connectivity index (χ4n) is 2.34. The molecule has 0 bridgehead atoms. The van der Waals surface area contributed by atoms with Crippen LogP contribution in [-0.2, 0) is 0 Å². The minimum absolute atomic E-state index is 0.309. The summed E-state index contributed by atoms with van der Waals surface area (Å²) >= 11 is 1.80. The zero-order chi connectivity index (χ0) is 7.73. The molecule has 64 valence electrons. The van der Waals surface area contributed by atoms with Gasteiger partial charge in [-0.2, -0.15) is 0 Å². The second kappa shape index (κ2) is 2.98. The van der Waals surface area contributed by atoms with Crippen LogP contribution >= 0.6 is 11.8 Å². The molecule has 0 aromatic heterocycles. The van der Waals surface area contributed by atoms with Gasteiger partial charge in [-0.3, -0.25) is 0 Å². The predicted octanol–water partition coefficient (Wildman–Crippen LogP) is 2.39. The average Bonchev–Trinajstić information content (AvgIpc) is 2.03. The third-order valence-electron chi connectivity index (χ3n) is 3.02. The normalized spacial score (nSPS) is 45.0. The maximum atomic E-state index is 10.2. The molecule has 2 fully saturated rings. The van der Waals surface area contributed by atoms with Gasteiger partial charge in [0.25, 0.3) is 0 Å². The molecule has 1 heterocycles. The van der Waals surface area contributed by atoms with Crippen molar-refractivity contribution < 1.29 is 5.11 Å². The standard InChI is InChI=1S/C9H16OS/c10-9-6-2-1-4-8(9)5-3-7-11-9/h8,10H,1-7H2. The highest BCUT2D eigenvalue weighted by atomic mass is 32.2. The number of hydrogen-bond acceptors (Lipinski definition) is 2. The molecular weight excluding hydrogens is 156 g/mol. The molecule has 2 atom stereocenters. The van der Waals surface area contributed by atoms with Crippen molar-refractivity contribution in [1.29, 1.82) is 0 Å². The van der Waals surface area contributed by atoms with E-state index in [4.69, 9.17) is 0 Å². The van der Waals surface area contributed by atoms with Crippen LogP contribution in [0.15, 0.2) is 0 Å². The molecule has 1 aliphatic carbocycles. The molecule has 2 rings (SSSR count). The van der Waals surface area contributed by atoms with Crippen molar-refractivity contribution in [3.63, 3.8) is 0 Å². The Morgan fingerprint density at radius 2 is 2.00 bits per heavy atom. The van der Waals surface area contributed by atoms with Crippen LogP contribution in [0.3, 0.4) is 0 Å². The molecule has 1 saturated carbocycles. The second-order valence-electron chi connectivity index (χ2n) is 3.78. The van der Waals surface area contributed by atoms with Gasteiger partial charge in [0.1, 0.15) is 4.93 Å². The number of aliphatic hydroxyl groups is 1. The lowest BCUT2D eigenvalue weighted by molar-refractivity contribution is 0.0272. The van der Waals surface area contributed by atoms with Gasteiger partial charge in [-0.15, -0.1) is 11.8 Å². The summed E-state index contributed by atoms with van der Waals surface area (Å²) in [5.41, 5.74) is 0. The number of fused-ring (bicyclic) bond motifs is 1. The van der Waals surface area contributed by atoms with E-state index in [9.17, 15) is 5.11 Å². The Morgan fingerprint density at radius 3 is 2.82 bits per heavy atom. The zero-order valence-corrected chi connectivity index (χ0v) is 7.70. The van der Waals surface area contributed by atoms with E-state index in [1.54, 1.807) is 11.8 Å². The molecule has 0 spiro atoms. The highest BCUT2D eigenvalue weighted by Gasteiger charge is 2.40. The maximum Gasteiger partial charge on any atom is 0.113 e. The van der Waals surface area contributed by atoms with E-state index >= 15 is 0 Å². The van der Waals surface area contributed by atoms with Crippen molar-refractivity contribution in [2.24, 2.45) is 5.92 Å². The third kappa shape index (κ3) is 1.43. The Balaban J connectivity index is 2.06. The topological polar surface area (TPSA) is 20.2 Å². The smallest absolute Gasteiger partial charge is 0.113 e. The van der Waals surface area contributed by atoms with Crippen LogP contribution in [0, 0.1) is 5.92 Å². The highest BCUT2D eigenvalue weighted by molar-refractivity contribution is 8.00. The first-order valence-electron chi connectivity index (χ1n) is 4.68. The van der Waals surface area contributed by atoms with Gasteiger partial charge in [-0.1, -0.05) is 6.42 Å². The summed E-state index contributed by atoms with van der Waals surface area (Å²) in [6.45, 7) is 0. The zero-order valence-electron chi connectivity index (χ0n) is 6.88. The van der Waals surface area contributed by atoms with Crippen molar-refractivity contribution in [2.75, 3.05) is 5.75 Å². The van der Waals surface area contributed by atoms with Crippen molar-refractivity contribution in [3.05, 3.63) is 0 Å². The van der Waals surface area contributed by atoms with E-state index in [1.165, 1.54) is 37.9 Å². The van der Waals surface area contributed by atoms with Crippen molar-refractivity contribution in [2.45, 2.75) is 43.5 Å². The Kier molecular flexibility index (Phi) is 2.15. The van der Waals surface area contributed by atoms with Gasteiger partial charge in [-0.05, 0) is 43.8 Å². The first-order valence-corrected chi connectivity index (χ1v) is 5.66. The Hall–Kier alpha value is 0.310. The van der Waals surface area contributed by atoms with Crippen molar-refractivity contribution >= 4 is 11.8 Å². The number of rotatable bonds is 0. The van der Waals surface area contributed by atoms with Crippen LogP contribution in [0.1, 0.15) is 38.5 Å². The minimum atomic E-state index is -0.309. The van der Waals surface area contributed by atoms with Gasteiger partial charge < -0.3 is 5.11 Å². The summed E-state index contributed by atoms with van der Waals surface area (Å²) in [5.74, 6) is 1.79. The van der Waals surface area contributed by atoms with Gasteiger partial charge in [0, 0.05) is 0 Å². The summed E-state index contributed by atoms with van der Waals surface area (Å²) in [4.78, 5) is -0.309. The third-order valence-corrected chi connectivity index (χ3v) is 4.55. The molecule has 1 nitrogen and oxygen atoms in total. The molecule has 2 heteroatoms. The molecule has 2 aliphatic rings. The number of thioether (sulfide) groups is 1. The van der Waals surface area contributed by atoms with E-state index < -0.39 is 0 Å². The average molecular weight is 172 g/mol. The van der Waals surface area contributed by atoms with E-state index in [0.29, 0.717) is 5.92 Å². The SMILES string of the molecule is OC12CCCCC1CCCS2. The fraction of sp³-hybridized carbons (Fsp3) is 1.00. The first kappa shape index (κ1) is 7.93. The fourth-order valence-corrected chi connectivity index (χ4v) is 3.76. The molecular formula is C9H16OS. The lowest BCUT2D eigenvalue weighted by Crippen LogP contribution is -2.40. The van der Waals surface area contributed by atoms with Crippen LogP contribution in [0.5, 0.6) is 0 Å². The van der Waals surface area contributed by atoms with Crippen LogP contribution in [0.25, 0.3) is 0 Å². The van der Waals surface area contributed by atoms with Crippen LogP contribution in [0.2, 0.25) is 0 Å². The van der Waals surface area contributed by atoms with Crippen LogP contribution < -0.4 is 0 Å². The summed E-state index contributed by atoms with van der Waals surface area (Å²) in [7, 11) is 0. The summed E-state index contributed by atoms with van der Waals surface area (Å²) in [6.07, 6.45) is 7.47. The van der Waals surface area contributed by atoms with Gasteiger partial charge in [0.2, 0.25) is 0 Å². The van der Waals surface area contributed by atoms with E-state index in [2.05, 4.69) is 0 Å². The Labute approximate surface area is 72.6 Å². The molecule has 0 radical (unpaired) electrons. The van der Waals surface area contributed by atoms with E-state index in [1.807, 2.05) is 0 Å². The summed E-state index contributed by atoms with van der Waals surface area (Å²) in [5, 5.41) is 10.2. The molecule has 0 aromatic rings. The van der Waals surface area contributed by atoms with Crippen LogP contribution in [0.4, 0.5) is 0 Å².